The molecule has 3 rings (SSSR count). The quantitative estimate of drug-likeness (QED) is 0.519. The normalized spacial score (nSPS) is 14.5. The number of piperidine rings is 1. The van der Waals surface area contributed by atoms with Gasteiger partial charge in [-0.05, 0) is 49.6 Å². The molecule has 9 heteroatoms. The van der Waals surface area contributed by atoms with Crippen molar-refractivity contribution in [2.45, 2.75) is 26.3 Å². The summed E-state index contributed by atoms with van der Waals surface area (Å²) in [7, 11) is -3.48. The van der Waals surface area contributed by atoms with E-state index in [0.29, 0.717) is 44.0 Å². The second kappa shape index (κ2) is 11.2. The topological polar surface area (TPSA) is 93.2 Å². The van der Waals surface area contributed by atoms with Crippen molar-refractivity contribution in [2.24, 2.45) is 5.92 Å². The van der Waals surface area contributed by atoms with Gasteiger partial charge in [0.2, 0.25) is 10.0 Å². The number of rotatable bonds is 9. The van der Waals surface area contributed by atoms with Crippen molar-refractivity contribution in [1.29, 1.82) is 0 Å². The molecule has 0 N–H and O–H groups in total. The van der Waals surface area contributed by atoms with Crippen molar-refractivity contribution in [2.75, 3.05) is 36.9 Å². The molecule has 0 aromatic heterocycles. The summed E-state index contributed by atoms with van der Waals surface area (Å²) in [5.74, 6) is -0.0302. The third-order valence-electron chi connectivity index (χ3n) is 5.52. The number of hydrogen-bond donors (Lipinski definition) is 0. The van der Waals surface area contributed by atoms with Gasteiger partial charge in [-0.1, -0.05) is 30.3 Å². The molecule has 1 amide bonds. The molecule has 2 aromatic rings. The van der Waals surface area contributed by atoms with Crippen LogP contribution in [0.3, 0.4) is 0 Å². The first-order chi connectivity index (χ1) is 15.8. The van der Waals surface area contributed by atoms with Crippen LogP contribution in [0.1, 0.15) is 25.3 Å². The second-order valence-electron chi connectivity index (χ2n) is 7.94. The Labute approximate surface area is 195 Å². The second-order valence-corrected chi connectivity index (χ2v) is 9.85. The highest BCUT2D eigenvalue weighted by Gasteiger charge is 2.28. The van der Waals surface area contributed by atoms with Crippen LogP contribution in [0.25, 0.3) is 0 Å². The Morgan fingerprint density at radius 2 is 1.67 bits per heavy atom. The lowest BCUT2D eigenvalue weighted by molar-refractivity contribution is -0.151. The van der Waals surface area contributed by atoms with Gasteiger partial charge < -0.3 is 14.4 Å². The van der Waals surface area contributed by atoms with E-state index in [9.17, 15) is 18.0 Å². The fourth-order valence-corrected chi connectivity index (χ4v) is 4.61. The lowest BCUT2D eigenvalue weighted by atomic mass is 9.97. The van der Waals surface area contributed by atoms with Crippen molar-refractivity contribution in [3.05, 3.63) is 60.2 Å². The first-order valence-electron chi connectivity index (χ1n) is 11.0. The largest absolute Gasteiger partial charge is 0.484 e. The van der Waals surface area contributed by atoms with Gasteiger partial charge in [0, 0.05) is 13.1 Å². The predicted octanol–water partition coefficient (Wildman–Crippen LogP) is 2.83. The number of anilines is 1. The molecule has 0 spiro atoms. The molecule has 0 unspecified atom stereocenters. The number of sulfonamides is 1. The zero-order valence-electron chi connectivity index (χ0n) is 19.0. The molecule has 2 aromatic carbocycles. The lowest BCUT2D eigenvalue weighted by Gasteiger charge is -2.30. The van der Waals surface area contributed by atoms with Crippen LogP contribution in [0.4, 0.5) is 5.69 Å². The molecule has 0 radical (unpaired) electrons. The zero-order valence-corrected chi connectivity index (χ0v) is 19.8. The maximum Gasteiger partial charge on any atom is 0.309 e. The summed E-state index contributed by atoms with van der Waals surface area (Å²) in [4.78, 5) is 26.0. The van der Waals surface area contributed by atoms with Gasteiger partial charge in [0.15, 0.2) is 6.61 Å². The van der Waals surface area contributed by atoms with Crippen LogP contribution in [0, 0.1) is 5.92 Å². The smallest absolute Gasteiger partial charge is 0.309 e. The van der Waals surface area contributed by atoms with Gasteiger partial charge in [-0.25, -0.2) is 8.42 Å². The molecular weight excluding hydrogens is 444 g/mol. The first kappa shape index (κ1) is 24.6. The van der Waals surface area contributed by atoms with Crippen molar-refractivity contribution in [3.63, 3.8) is 0 Å². The molecule has 1 fully saturated rings. The monoisotopic (exact) mass is 474 g/mol. The van der Waals surface area contributed by atoms with E-state index in [1.54, 1.807) is 36.1 Å². The molecule has 1 saturated heterocycles. The number of likely N-dealkylation sites (tertiary alicyclic amines) is 1. The van der Waals surface area contributed by atoms with Gasteiger partial charge in [-0.2, -0.15) is 0 Å². The summed E-state index contributed by atoms with van der Waals surface area (Å²) in [6, 6.07) is 16.0. The lowest BCUT2D eigenvalue weighted by Crippen LogP contribution is -2.42. The van der Waals surface area contributed by atoms with Gasteiger partial charge in [-0.15, -0.1) is 0 Å². The number of carbonyl (C=O) groups is 2. The van der Waals surface area contributed by atoms with Gasteiger partial charge in [-0.3, -0.25) is 13.9 Å². The number of amides is 1. The standard InChI is InChI=1S/C24H30N2O6S/c1-3-31-24(28)20-13-15-25(16-14-20)23(27)18-32-22-11-9-21(10-12-22)26(33(2,29)30)17-19-7-5-4-6-8-19/h4-12,20H,3,13-18H2,1-2H3. The van der Waals surface area contributed by atoms with Gasteiger partial charge in [0.1, 0.15) is 5.75 Å². The highest BCUT2D eigenvalue weighted by atomic mass is 32.2. The number of hydrogen-bond acceptors (Lipinski definition) is 6. The summed E-state index contributed by atoms with van der Waals surface area (Å²) in [5, 5.41) is 0. The van der Waals surface area contributed by atoms with E-state index in [-0.39, 0.29) is 30.9 Å². The molecule has 1 aliphatic rings. The third kappa shape index (κ3) is 6.95. The van der Waals surface area contributed by atoms with Crippen molar-refractivity contribution < 1.29 is 27.5 Å². The van der Waals surface area contributed by atoms with Crippen molar-refractivity contribution >= 4 is 27.6 Å². The van der Waals surface area contributed by atoms with Crippen LogP contribution in [0.5, 0.6) is 5.75 Å². The van der Waals surface area contributed by atoms with E-state index in [1.165, 1.54) is 10.6 Å². The molecule has 1 heterocycles. The van der Waals surface area contributed by atoms with Gasteiger partial charge in [0.25, 0.3) is 5.91 Å². The number of carbonyl (C=O) groups excluding carboxylic acids is 2. The number of nitrogens with zero attached hydrogens (tertiary/aromatic N) is 2. The average Bonchev–Trinajstić information content (AvgIpc) is 2.81. The van der Waals surface area contributed by atoms with Crippen LogP contribution in [-0.4, -0.2) is 57.8 Å². The van der Waals surface area contributed by atoms with Crippen LogP contribution < -0.4 is 9.04 Å². The average molecular weight is 475 g/mol. The summed E-state index contributed by atoms with van der Waals surface area (Å²) in [5.41, 5.74) is 1.39. The minimum atomic E-state index is -3.48. The molecule has 1 aliphatic heterocycles. The highest BCUT2D eigenvalue weighted by Crippen LogP contribution is 2.24. The van der Waals surface area contributed by atoms with Gasteiger partial charge >= 0.3 is 5.97 Å². The molecule has 0 bridgehead atoms. The maximum atomic E-state index is 12.5. The maximum absolute atomic E-state index is 12.5. The Hall–Kier alpha value is -3.07. The third-order valence-corrected chi connectivity index (χ3v) is 6.66. The van der Waals surface area contributed by atoms with E-state index in [0.717, 1.165) is 5.56 Å². The number of benzene rings is 2. The minimum Gasteiger partial charge on any atom is -0.484 e. The van der Waals surface area contributed by atoms with Crippen molar-refractivity contribution in [1.82, 2.24) is 4.90 Å². The fourth-order valence-electron chi connectivity index (χ4n) is 3.72. The SMILES string of the molecule is CCOC(=O)C1CCN(C(=O)COc2ccc(N(Cc3ccccc3)S(C)(=O)=O)cc2)CC1. The Kier molecular flexibility index (Phi) is 8.32. The van der Waals surface area contributed by atoms with E-state index >= 15 is 0 Å². The summed E-state index contributed by atoms with van der Waals surface area (Å²) in [6.45, 7) is 3.23. The van der Waals surface area contributed by atoms with Gasteiger partial charge in [0.05, 0.1) is 31.0 Å². The first-order valence-corrected chi connectivity index (χ1v) is 12.8. The molecule has 0 aliphatic carbocycles. The minimum absolute atomic E-state index is 0.122. The molecule has 0 atom stereocenters. The van der Waals surface area contributed by atoms with E-state index in [4.69, 9.17) is 9.47 Å². The molecular formula is C24H30N2O6S. The Balaban J connectivity index is 1.54. The summed E-state index contributed by atoms with van der Waals surface area (Å²) < 4.78 is 36.7. The van der Waals surface area contributed by atoms with E-state index < -0.39 is 10.0 Å². The number of ether oxygens (including phenoxy) is 2. The number of esters is 1. The highest BCUT2D eigenvalue weighted by molar-refractivity contribution is 7.92. The summed E-state index contributed by atoms with van der Waals surface area (Å²) >= 11 is 0. The van der Waals surface area contributed by atoms with Crippen LogP contribution in [-0.2, 0) is 30.9 Å². The fraction of sp³-hybridized carbons (Fsp3) is 0.417. The van der Waals surface area contributed by atoms with Crippen LogP contribution in [0.2, 0.25) is 0 Å². The van der Waals surface area contributed by atoms with Crippen LogP contribution in [0.15, 0.2) is 54.6 Å². The van der Waals surface area contributed by atoms with E-state index in [2.05, 4.69) is 0 Å². The summed E-state index contributed by atoms with van der Waals surface area (Å²) in [6.07, 6.45) is 2.34. The van der Waals surface area contributed by atoms with Crippen LogP contribution >= 0.6 is 0 Å². The molecule has 178 valence electrons. The van der Waals surface area contributed by atoms with Crippen molar-refractivity contribution in [3.8, 4) is 5.75 Å². The molecule has 0 saturated carbocycles. The Morgan fingerprint density at radius 1 is 1.03 bits per heavy atom. The van der Waals surface area contributed by atoms with E-state index in [1.807, 2.05) is 30.3 Å². The predicted molar refractivity (Wildman–Crippen MR) is 125 cm³/mol. The molecule has 8 nitrogen and oxygen atoms in total. The Bertz CT molecular complexity index is 1030. The molecule has 33 heavy (non-hydrogen) atoms. The Morgan fingerprint density at radius 3 is 2.24 bits per heavy atom. The zero-order chi connectivity index (χ0) is 23.8.